The summed E-state index contributed by atoms with van der Waals surface area (Å²) in [6, 6.07) is 32.2. The molecule has 0 bridgehead atoms. The largest absolute Gasteiger partial charge is 0.335 e. The van der Waals surface area contributed by atoms with Gasteiger partial charge in [-0.3, -0.25) is 0 Å². The molecule has 194 valence electrons. The van der Waals surface area contributed by atoms with Crippen LogP contribution in [0.3, 0.4) is 0 Å². The third-order valence-electron chi connectivity index (χ3n) is 10.7. The molecule has 0 radical (unpaired) electrons. The van der Waals surface area contributed by atoms with Gasteiger partial charge in [-0.2, -0.15) is 0 Å². The first-order valence-corrected chi connectivity index (χ1v) is 18.3. The number of hydrogen-bond acceptors (Lipinski definition) is 2. The van der Waals surface area contributed by atoms with Gasteiger partial charge >= 0.3 is 0 Å². The van der Waals surface area contributed by atoms with E-state index in [9.17, 15) is 0 Å². The molecule has 1 aliphatic carbocycles. The smallest absolute Gasteiger partial charge is 0.252 e. The fourth-order valence-electron chi connectivity index (χ4n) is 8.74. The van der Waals surface area contributed by atoms with Crippen LogP contribution >= 0.6 is 0 Å². The van der Waals surface area contributed by atoms with Crippen molar-refractivity contribution >= 4 is 64.8 Å². The SMILES string of the molecule is CC12CCCCC1(C)N1c3ccccc3B3c4ccccc4N(c4ccccc4)c4cc([Si](C)(C)C)c2c1c43. The molecule has 0 aromatic heterocycles. The van der Waals surface area contributed by atoms with E-state index in [1.165, 1.54) is 64.8 Å². The summed E-state index contributed by atoms with van der Waals surface area (Å²) in [4.78, 5) is 5.43. The second-order valence-corrected chi connectivity index (χ2v) is 18.7. The van der Waals surface area contributed by atoms with Crippen LogP contribution in [0.4, 0.5) is 28.4 Å². The Morgan fingerprint density at radius 1 is 0.718 bits per heavy atom. The highest BCUT2D eigenvalue weighted by molar-refractivity contribution is 7.00. The average molecular weight is 525 g/mol. The van der Waals surface area contributed by atoms with Crippen molar-refractivity contribution in [2.24, 2.45) is 0 Å². The minimum absolute atomic E-state index is 0.0761. The standard InChI is InChI=1S/C35H37BN2Si/c1-34-21-13-14-22-35(34,2)38-28-20-12-10-18-26(28)36-25-17-9-11-19-27(25)37(24-15-7-6-8-16-24)29-23-30(39(3,4)5)31(34)33(38)32(29)36/h6-12,15-20,23H,13-14,21-22H2,1-5H3. The molecule has 0 amide bonds. The number of para-hydroxylation sites is 3. The monoisotopic (exact) mass is 524 g/mol. The van der Waals surface area contributed by atoms with Gasteiger partial charge in [0.25, 0.3) is 6.71 Å². The Labute approximate surface area is 234 Å². The van der Waals surface area contributed by atoms with Gasteiger partial charge in [-0.1, -0.05) is 99.2 Å². The molecule has 0 spiro atoms. The first-order chi connectivity index (χ1) is 18.8. The number of fused-ring (bicyclic) bond motifs is 8. The van der Waals surface area contributed by atoms with Crippen LogP contribution in [0, 0.1) is 0 Å². The molecule has 4 heteroatoms. The van der Waals surface area contributed by atoms with Gasteiger partial charge in [-0.15, -0.1) is 0 Å². The van der Waals surface area contributed by atoms with Gasteiger partial charge < -0.3 is 9.80 Å². The second-order valence-electron chi connectivity index (χ2n) is 13.7. The molecule has 4 aliphatic rings. The van der Waals surface area contributed by atoms with Crippen LogP contribution in [0.25, 0.3) is 0 Å². The van der Waals surface area contributed by atoms with Gasteiger partial charge in [0.1, 0.15) is 0 Å². The highest BCUT2D eigenvalue weighted by Gasteiger charge is 2.62. The zero-order valence-corrected chi connectivity index (χ0v) is 24.9. The number of hydrogen-bond donors (Lipinski definition) is 0. The van der Waals surface area contributed by atoms with Crippen molar-refractivity contribution in [2.45, 2.75) is 70.1 Å². The van der Waals surface area contributed by atoms with Crippen LogP contribution in [-0.4, -0.2) is 20.3 Å². The molecule has 1 fully saturated rings. The van der Waals surface area contributed by atoms with E-state index in [4.69, 9.17) is 0 Å². The van der Waals surface area contributed by atoms with E-state index in [0.29, 0.717) is 0 Å². The second kappa shape index (κ2) is 7.69. The van der Waals surface area contributed by atoms with Gasteiger partial charge in [0, 0.05) is 33.9 Å². The first-order valence-electron chi connectivity index (χ1n) is 14.8. The summed E-state index contributed by atoms with van der Waals surface area (Å²) >= 11 is 0. The molecule has 8 rings (SSSR count). The lowest BCUT2D eigenvalue weighted by Gasteiger charge is -2.52. The van der Waals surface area contributed by atoms with Gasteiger partial charge in [0.15, 0.2) is 0 Å². The van der Waals surface area contributed by atoms with E-state index in [0.717, 1.165) is 0 Å². The molecule has 0 N–H and O–H groups in total. The quantitative estimate of drug-likeness (QED) is 0.241. The van der Waals surface area contributed by atoms with Crippen LogP contribution in [-0.2, 0) is 5.41 Å². The molecule has 4 aromatic rings. The molecule has 39 heavy (non-hydrogen) atoms. The van der Waals surface area contributed by atoms with E-state index < -0.39 is 8.07 Å². The Bertz CT molecular complexity index is 1660. The summed E-state index contributed by atoms with van der Waals surface area (Å²) in [7, 11) is -1.70. The minimum atomic E-state index is -1.70. The summed E-state index contributed by atoms with van der Waals surface area (Å²) in [5.41, 5.74) is 13.3. The maximum Gasteiger partial charge on any atom is 0.252 e. The van der Waals surface area contributed by atoms with Gasteiger partial charge in [-0.05, 0) is 72.0 Å². The predicted molar refractivity (Wildman–Crippen MR) is 172 cm³/mol. The highest BCUT2D eigenvalue weighted by Crippen LogP contribution is 2.61. The van der Waals surface area contributed by atoms with Gasteiger partial charge in [0.05, 0.1) is 13.6 Å². The number of anilines is 5. The van der Waals surface area contributed by atoms with Crippen LogP contribution < -0.4 is 31.4 Å². The Kier molecular flexibility index (Phi) is 4.66. The molecule has 2 atom stereocenters. The fourth-order valence-corrected chi connectivity index (χ4v) is 10.4. The van der Waals surface area contributed by atoms with E-state index in [1.54, 1.807) is 16.4 Å². The van der Waals surface area contributed by atoms with Crippen molar-refractivity contribution < 1.29 is 0 Å². The summed E-state index contributed by atoms with van der Waals surface area (Å²) in [5.74, 6) is 0. The molecule has 3 heterocycles. The molecular formula is C35H37BN2Si. The van der Waals surface area contributed by atoms with Crippen LogP contribution in [0.5, 0.6) is 0 Å². The summed E-state index contributed by atoms with van der Waals surface area (Å²) in [5, 5.41) is 1.66. The van der Waals surface area contributed by atoms with Crippen molar-refractivity contribution in [3.63, 3.8) is 0 Å². The number of rotatable bonds is 2. The highest BCUT2D eigenvalue weighted by atomic mass is 28.3. The van der Waals surface area contributed by atoms with Crippen molar-refractivity contribution in [2.75, 3.05) is 9.80 Å². The van der Waals surface area contributed by atoms with Crippen LogP contribution in [0.2, 0.25) is 19.6 Å². The first kappa shape index (κ1) is 23.6. The Hall–Kier alpha value is -3.24. The maximum absolute atomic E-state index is 2.85. The lowest BCUT2D eigenvalue weighted by Crippen LogP contribution is -2.64. The van der Waals surface area contributed by atoms with E-state index >= 15 is 0 Å². The number of nitrogens with zero attached hydrogens (tertiary/aromatic N) is 2. The average Bonchev–Trinajstić information content (AvgIpc) is 3.16. The molecule has 4 aromatic carbocycles. The predicted octanol–water partition coefficient (Wildman–Crippen LogP) is 6.59. The topological polar surface area (TPSA) is 6.48 Å². The molecule has 0 saturated heterocycles. The number of benzene rings is 4. The van der Waals surface area contributed by atoms with Crippen LogP contribution in [0.1, 0.15) is 45.1 Å². The molecule has 2 nitrogen and oxygen atoms in total. The Morgan fingerprint density at radius 3 is 2.05 bits per heavy atom. The molecule has 2 unspecified atom stereocenters. The van der Waals surface area contributed by atoms with Crippen molar-refractivity contribution in [3.05, 3.63) is 90.5 Å². The van der Waals surface area contributed by atoms with Crippen molar-refractivity contribution in [1.29, 1.82) is 0 Å². The lowest BCUT2D eigenvalue weighted by molar-refractivity contribution is 0.196. The molecule has 1 saturated carbocycles. The third-order valence-corrected chi connectivity index (χ3v) is 12.7. The van der Waals surface area contributed by atoms with E-state index in [1.807, 2.05) is 0 Å². The summed E-state index contributed by atoms with van der Waals surface area (Å²) < 4.78 is 0. The Balaban J connectivity index is 1.58. The van der Waals surface area contributed by atoms with Crippen molar-refractivity contribution in [1.82, 2.24) is 0 Å². The van der Waals surface area contributed by atoms with Gasteiger partial charge in [0.2, 0.25) is 0 Å². The lowest BCUT2D eigenvalue weighted by atomic mass is 9.33. The third kappa shape index (κ3) is 2.83. The molecule has 3 aliphatic heterocycles. The molecular weight excluding hydrogens is 487 g/mol. The van der Waals surface area contributed by atoms with E-state index in [-0.39, 0.29) is 17.7 Å². The summed E-state index contributed by atoms with van der Waals surface area (Å²) in [6.45, 7) is 13.1. The zero-order chi connectivity index (χ0) is 26.7. The van der Waals surface area contributed by atoms with Gasteiger partial charge in [-0.25, -0.2) is 0 Å². The zero-order valence-electron chi connectivity index (χ0n) is 23.9. The van der Waals surface area contributed by atoms with Crippen LogP contribution in [0.15, 0.2) is 84.9 Å². The summed E-state index contributed by atoms with van der Waals surface area (Å²) in [6.07, 6.45) is 5.16. The minimum Gasteiger partial charge on any atom is -0.335 e. The Morgan fingerprint density at radius 2 is 1.33 bits per heavy atom. The normalized spacial score (nSPS) is 24.2. The fraction of sp³-hybridized carbons (Fsp3) is 0.314. The van der Waals surface area contributed by atoms with E-state index in [2.05, 4.69) is 128 Å². The maximum atomic E-state index is 2.85. The van der Waals surface area contributed by atoms with Crippen molar-refractivity contribution in [3.8, 4) is 0 Å².